The molecule has 114 valence electrons. The third kappa shape index (κ3) is 5.11. The highest BCUT2D eigenvalue weighted by molar-refractivity contribution is 7.89. The molecule has 0 spiro atoms. The number of methoxy groups -OCH3 is 1. The standard InChI is InChI=1S/C14H24N2O3S/c1-12(2)15-9-10-20(17,18)16(3)11-13-7-5-6-8-14(13)19-4/h5-8,12,15H,9-11H2,1-4H3. The quantitative estimate of drug-likeness (QED) is 0.789. The van der Waals surface area contributed by atoms with Crippen LogP contribution in [0.2, 0.25) is 0 Å². The first kappa shape index (κ1) is 16.9. The van der Waals surface area contributed by atoms with Gasteiger partial charge in [0.15, 0.2) is 0 Å². The van der Waals surface area contributed by atoms with Gasteiger partial charge in [0, 0.05) is 31.7 Å². The topological polar surface area (TPSA) is 58.6 Å². The van der Waals surface area contributed by atoms with Crippen molar-refractivity contribution in [3.8, 4) is 5.75 Å². The zero-order valence-corrected chi connectivity index (χ0v) is 13.4. The van der Waals surface area contributed by atoms with E-state index in [9.17, 15) is 8.42 Å². The Bertz CT molecular complexity index is 515. The summed E-state index contributed by atoms with van der Waals surface area (Å²) in [6.07, 6.45) is 0. The Morgan fingerprint density at radius 2 is 1.95 bits per heavy atom. The Morgan fingerprint density at radius 1 is 1.30 bits per heavy atom. The molecule has 0 saturated carbocycles. The van der Waals surface area contributed by atoms with Crippen LogP contribution in [0.1, 0.15) is 19.4 Å². The van der Waals surface area contributed by atoms with Gasteiger partial charge in [-0.15, -0.1) is 0 Å². The maximum atomic E-state index is 12.2. The Labute approximate surface area is 122 Å². The van der Waals surface area contributed by atoms with E-state index in [1.807, 2.05) is 38.1 Å². The minimum atomic E-state index is -3.26. The van der Waals surface area contributed by atoms with Crippen molar-refractivity contribution in [1.29, 1.82) is 0 Å². The fourth-order valence-electron chi connectivity index (χ4n) is 1.80. The van der Waals surface area contributed by atoms with Gasteiger partial charge in [-0.05, 0) is 6.07 Å². The van der Waals surface area contributed by atoms with Gasteiger partial charge in [-0.2, -0.15) is 0 Å². The third-order valence-electron chi connectivity index (χ3n) is 2.97. The second-order valence-electron chi connectivity index (χ2n) is 4.99. The molecule has 1 aromatic carbocycles. The molecule has 0 fully saturated rings. The van der Waals surface area contributed by atoms with Crippen LogP contribution in [0.25, 0.3) is 0 Å². The Balaban J connectivity index is 2.67. The van der Waals surface area contributed by atoms with E-state index >= 15 is 0 Å². The molecule has 0 amide bonds. The van der Waals surface area contributed by atoms with Crippen molar-refractivity contribution < 1.29 is 13.2 Å². The highest BCUT2D eigenvalue weighted by atomic mass is 32.2. The Morgan fingerprint density at radius 3 is 2.55 bits per heavy atom. The summed E-state index contributed by atoms with van der Waals surface area (Å²) in [5.41, 5.74) is 0.859. The number of para-hydroxylation sites is 1. The normalized spacial score (nSPS) is 12.1. The van der Waals surface area contributed by atoms with Crippen LogP contribution in [0.3, 0.4) is 0 Å². The number of hydrogen-bond acceptors (Lipinski definition) is 4. The molecule has 0 unspecified atom stereocenters. The lowest BCUT2D eigenvalue weighted by atomic mass is 10.2. The number of ether oxygens (including phenoxy) is 1. The molecule has 0 aromatic heterocycles. The molecule has 5 nitrogen and oxygen atoms in total. The average molecular weight is 300 g/mol. The molecule has 20 heavy (non-hydrogen) atoms. The average Bonchev–Trinajstić information content (AvgIpc) is 2.38. The summed E-state index contributed by atoms with van der Waals surface area (Å²) in [4.78, 5) is 0. The molecule has 1 N–H and O–H groups in total. The van der Waals surface area contributed by atoms with Crippen LogP contribution in [-0.2, 0) is 16.6 Å². The lowest BCUT2D eigenvalue weighted by molar-refractivity contribution is 0.398. The predicted molar refractivity (Wildman–Crippen MR) is 81.4 cm³/mol. The van der Waals surface area contributed by atoms with Gasteiger partial charge in [0.25, 0.3) is 0 Å². The van der Waals surface area contributed by atoms with Crippen LogP contribution in [0.5, 0.6) is 5.75 Å². The lowest BCUT2D eigenvalue weighted by Crippen LogP contribution is -2.35. The minimum absolute atomic E-state index is 0.0941. The predicted octanol–water partition coefficient (Wildman–Crippen LogP) is 1.45. The van der Waals surface area contributed by atoms with Gasteiger partial charge < -0.3 is 10.1 Å². The summed E-state index contributed by atoms with van der Waals surface area (Å²) >= 11 is 0. The number of nitrogens with zero attached hydrogens (tertiary/aromatic N) is 1. The maximum Gasteiger partial charge on any atom is 0.215 e. The van der Waals surface area contributed by atoms with Crippen LogP contribution in [0, 0.1) is 0 Å². The SMILES string of the molecule is COc1ccccc1CN(C)S(=O)(=O)CCNC(C)C. The molecule has 0 aliphatic heterocycles. The van der Waals surface area contributed by atoms with E-state index < -0.39 is 10.0 Å². The van der Waals surface area contributed by atoms with Crippen LogP contribution in [0.4, 0.5) is 0 Å². The summed E-state index contributed by atoms with van der Waals surface area (Å²) in [6, 6.07) is 7.72. The molecule has 0 radical (unpaired) electrons. The van der Waals surface area contributed by atoms with Crippen LogP contribution in [0.15, 0.2) is 24.3 Å². The van der Waals surface area contributed by atoms with Gasteiger partial charge in [0.05, 0.1) is 12.9 Å². The molecule has 1 rings (SSSR count). The first-order valence-corrected chi connectivity index (χ1v) is 8.27. The van der Waals surface area contributed by atoms with Gasteiger partial charge in [0.2, 0.25) is 10.0 Å². The van der Waals surface area contributed by atoms with Crippen LogP contribution >= 0.6 is 0 Å². The largest absolute Gasteiger partial charge is 0.496 e. The molecule has 6 heteroatoms. The first-order valence-electron chi connectivity index (χ1n) is 6.66. The second-order valence-corrected chi connectivity index (χ2v) is 7.19. The molecule has 0 saturated heterocycles. The van der Waals surface area contributed by atoms with Crippen molar-refractivity contribution in [2.75, 3.05) is 26.5 Å². The molecule has 0 aliphatic carbocycles. The van der Waals surface area contributed by atoms with Gasteiger partial charge in [-0.1, -0.05) is 32.0 Å². The van der Waals surface area contributed by atoms with Crippen molar-refractivity contribution >= 4 is 10.0 Å². The fraction of sp³-hybridized carbons (Fsp3) is 0.571. The maximum absolute atomic E-state index is 12.2. The Hall–Kier alpha value is -1.11. The van der Waals surface area contributed by atoms with Gasteiger partial charge in [0.1, 0.15) is 5.75 Å². The van der Waals surface area contributed by atoms with E-state index in [0.717, 1.165) is 5.56 Å². The lowest BCUT2D eigenvalue weighted by Gasteiger charge is -2.19. The molecule has 0 aliphatic rings. The van der Waals surface area contributed by atoms with E-state index in [1.54, 1.807) is 14.2 Å². The monoisotopic (exact) mass is 300 g/mol. The highest BCUT2D eigenvalue weighted by Gasteiger charge is 2.19. The number of benzene rings is 1. The summed E-state index contributed by atoms with van der Waals surface area (Å²) in [6.45, 7) is 4.75. The highest BCUT2D eigenvalue weighted by Crippen LogP contribution is 2.19. The minimum Gasteiger partial charge on any atom is -0.496 e. The van der Waals surface area contributed by atoms with Gasteiger partial charge in [-0.3, -0.25) is 0 Å². The van der Waals surface area contributed by atoms with Crippen molar-refractivity contribution in [3.05, 3.63) is 29.8 Å². The number of rotatable bonds is 8. The van der Waals surface area contributed by atoms with E-state index in [0.29, 0.717) is 18.8 Å². The van der Waals surface area contributed by atoms with Crippen molar-refractivity contribution in [2.24, 2.45) is 0 Å². The summed E-state index contributed by atoms with van der Waals surface area (Å²) in [7, 11) is -0.0862. The van der Waals surface area contributed by atoms with Crippen LogP contribution < -0.4 is 10.1 Å². The van der Waals surface area contributed by atoms with Crippen LogP contribution in [-0.4, -0.2) is 45.2 Å². The molecule has 0 heterocycles. The van der Waals surface area contributed by atoms with Crippen molar-refractivity contribution in [1.82, 2.24) is 9.62 Å². The van der Waals surface area contributed by atoms with Crippen molar-refractivity contribution in [3.63, 3.8) is 0 Å². The number of hydrogen-bond donors (Lipinski definition) is 1. The fourth-order valence-corrected chi connectivity index (χ4v) is 2.83. The van der Waals surface area contributed by atoms with Crippen molar-refractivity contribution in [2.45, 2.75) is 26.4 Å². The Kier molecular flexibility index (Phi) is 6.45. The zero-order valence-electron chi connectivity index (χ0n) is 12.6. The molecule has 0 bridgehead atoms. The molecular formula is C14H24N2O3S. The summed E-state index contributed by atoms with van der Waals surface area (Å²) < 4.78 is 30.9. The van der Waals surface area contributed by atoms with E-state index in [-0.39, 0.29) is 11.8 Å². The first-order chi connectivity index (χ1) is 9.36. The van der Waals surface area contributed by atoms with E-state index in [1.165, 1.54) is 4.31 Å². The smallest absolute Gasteiger partial charge is 0.215 e. The van der Waals surface area contributed by atoms with Gasteiger partial charge in [-0.25, -0.2) is 12.7 Å². The summed E-state index contributed by atoms with van der Waals surface area (Å²) in [5.74, 6) is 0.798. The van der Waals surface area contributed by atoms with E-state index in [2.05, 4.69) is 5.32 Å². The molecule has 0 atom stereocenters. The number of nitrogens with one attached hydrogen (secondary N) is 1. The third-order valence-corrected chi connectivity index (χ3v) is 4.77. The van der Waals surface area contributed by atoms with Gasteiger partial charge >= 0.3 is 0 Å². The van der Waals surface area contributed by atoms with E-state index in [4.69, 9.17) is 4.74 Å². The number of sulfonamides is 1. The second kappa shape index (κ2) is 7.61. The molecule has 1 aromatic rings. The molecular weight excluding hydrogens is 276 g/mol. The summed E-state index contributed by atoms with van der Waals surface area (Å²) in [5, 5.41) is 3.11. The zero-order chi connectivity index (χ0) is 15.2.